The van der Waals surface area contributed by atoms with Crippen LogP contribution in [0.1, 0.15) is 0 Å². The van der Waals surface area contributed by atoms with E-state index in [4.69, 9.17) is 16.7 Å². The fourth-order valence-corrected chi connectivity index (χ4v) is 3.01. The van der Waals surface area contributed by atoms with Gasteiger partial charge in [0, 0.05) is 17.3 Å². The molecular weight excluding hydrogens is 304 g/mol. The molecule has 102 valence electrons. The van der Waals surface area contributed by atoms with Crippen LogP contribution in [0.3, 0.4) is 0 Å². The van der Waals surface area contributed by atoms with Crippen molar-refractivity contribution < 1.29 is 9.90 Å². The molecule has 0 saturated heterocycles. The Morgan fingerprint density at radius 1 is 1.53 bits per heavy atom. The maximum atomic E-state index is 10.7. The number of rotatable bonds is 6. The van der Waals surface area contributed by atoms with Crippen LogP contribution in [-0.2, 0) is 11.3 Å². The molecule has 1 aromatic carbocycles. The number of carboxylic acids is 1. The van der Waals surface area contributed by atoms with Gasteiger partial charge in [0.2, 0.25) is 0 Å². The van der Waals surface area contributed by atoms with Crippen molar-refractivity contribution in [1.29, 1.82) is 0 Å². The number of carbonyl (C=O) groups is 1. The van der Waals surface area contributed by atoms with E-state index in [1.807, 2.05) is 18.4 Å². The number of nitrogens with zero attached hydrogens (tertiary/aromatic N) is 2. The van der Waals surface area contributed by atoms with Crippen LogP contribution in [0.25, 0.3) is 11.0 Å². The van der Waals surface area contributed by atoms with Crippen LogP contribution >= 0.6 is 35.1 Å². The zero-order chi connectivity index (χ0) is 13.8. The Morgan fingerprint density at radius 3 is 3.00 bits per heavy atom. The standard InChI is InChI=1S/C12H13ClN2O2S2/c1-18-5-4-15-10-3-2-8(13)6-9(10)14-12(15)19-7-11(16)17/h2-3,6H,4-5,7H2,1H3,(H,16,17). The lowest BCUT2D eigenvalue weighted by Crippen LogP contribution is -2.04. The molecule has 2 rings (SSSR count). The van der Waals surface area contributed by atoms with E-state index in [9.17, 15) is 4.79 Å². The predicted molar refractivity (Wildman–Crippen MR) is 81.5 cm³/mol. The van der Waals surface area contributed by atoms with Gasteiger partial charge in [0.1, 0.15) is 0 Å². The third-order valence-electron chi connectivity index (χ3n) is 2.52. The highest BCUT2D eigenvalue weighted by Gasteiger charge is 2.12. The number of halogens is 1. The lowest BCUT2D eigenvalue weighted by atomic mass is 10.3. The fraction of sp³-hybridized carbons (Fsp3) is 0.333. The van der Waals surface area contributed by atoms with Gasteiger partial charge < -0.3 is 9.67 Å². The molecule has 7 heteroatoms. The van der Waals surface area contributed by atoms with Crippen LogP contribution in [0.4, 0.5) is 0 Å². The van der Waals surface area contributed by atoms with Crippen molar-refractivity contribution in [2.24, 2.45) is 0 Å². The van der Waals surface area contributed by atoms with Gasteiger partial charge in [-0.15, -0.1) is 0 Å². The third kappa shape index (κ3) is 3.58. The number of carboxylic acid groups (broad SMARTS) is 1. The molecule has 0 bridgehead atoms. The third-order valence-corrected chi connectivity index (χ3v) is 4.31. The number of aryl methyl sites for hydroxylation is 1. The topological polar surface area (TPSA) is 55.1 Å². The highest BCUT2D eigenvalue weighted by atomic mass is 35.5. The van der Waals surface area contributed by atoms with E-state index in [1.54, 1.807) is 17.8 Å². The van der Waals surface area contributed by atoms with Gasteiger partial charge in [-0.1, -0.05) is 23.4 Å². The predicted octanol–water partition coefficient (Wildman–Crippen LogP) is 3.23. The Kier molecular flexibility index (Phi) is 5.01. The van der Waals surface area contributed by atoms with Crippen LogP contribution < -0.4 is 0 Å². The molecule has 0 unspecified atom stereocenters. The van der Waals surface area contributed by atoms with E-state index in [0.29, 0.717) is 5.02 Å². The zero-order valence-corrected chi connectivity index (χ0v) is 12.7. The second-order valence-electron chi connectivity index (χ2n) is 3.85. The number of imidazole rings is 1. The van der Waals surface area contributed by atoms with E-state index in [0.717, 1.165) is 28.5 Å². The molecule has 1 aromatic heterocycles. The van der Waals surface area contributed by atoms with E-state index >= 15 is 0 Å². The van der Waals surface area contributed by atoms with Crippen molar-refractivity contribution in [3.63, 3.8) is 0 Å². The van der Waals surface area contributed by atoms with Gasteiger partial charge in [-0.05, 0) is 24.5 Å². The van der Waals surface area contributed by atoms with Gasteiger partial charge in [-0.2, -0.15) is 11.8 Å². The number of aromatic nitrogens is 2. The lowest BCUT2D eigenvalue weighted by molar-refractivity contribution is -0.133. The van der Waals surface area contributed by atoms with Crippen molar-refractivity contribution in [3.05, 3.63) is 23.2 Å². The van der Waals surface area contributed by atoms with Crippen molar-refractivity contribution >= 4 is 52.1 Å². The molecule has 0 spiro atoms. The van der Waals surface area contributed by atoms with E-state index in [2.05, 4.69) is 9.55 Å². The summed E-state index contributed by atoms with van der Waals surface area (Å²) in [5, 5.41) is 10.1. The normalized spacial score (nSPS) is 11.1. The number of aliphatic carboxylic acids is 1. The minimum Gasteiger partial charge on any atom is -0.481 e. The highest BCUT2D eigenvalue weighted by molar-refractivity contribution is 7.99. The molecule has 0 aliphatic carbocycles. The number of fused-ring (bicyclic) bond motifs is 1. The minimum atomic E-state index is -0.841. The maximum absolute atomic E-state index is 10.7. The molecular formula is C12H13ClN2O2S2. The summed E-state index contributed by atoms with van der Waals surface area (Å²) < 4.78 is 2.05. The fourth-order valence-electron chi connectivity index (χ4n) is 1.72. The summed E-state index contributed by atoms with van der Waals surface area (Å²) in [5.74, 6) is 0.122. The summed E-state index contributed by atoms with van der Waals surface area (Å²) in [7, 11) is 0. The Balaban J connectivity index is 2.38. The van der Waals surface area contributed by atoms with Gasteiger partial charge in [0.25, 0.3) is 0 Å². The van der Waals surface area contributed by atoms with E-state index in [1.165, 1.54) is 11.8 Å². The Bertz CT molecular complexity index is 601. The number of hydrogen-bond acceptors (Lipinski definition) is 4. The molecule has 4 nitrogen and oxygen atoms in total. The average Bonchev–Trinajstić information content (AvgIpc) is 2.70. The molecule has 0 radical (unpaired) electrons. The first-order valence-corrected chi connectivity index (χ1v) is 8.37. The zero-order valence-electron chi connectivity index (χ0n) is 10.3. The average molecular weight is 317 g/mol. The molecule has 0 aliphatic heterocycles. The second-order valence-corrected chi connectivity index (χ2v) is 6.22. The summed E-state index contributed by atoms with van der Waals surface area (Å²) in [5.41, 5.74) is 1.80. The number of hydrogen-bond donors (Lipinski definition) is 1. The SMILES string of the molecule is CSCCn1c(SCC(=O)O)nc2cc(Cl)ccc21. The van der Waals surface area contributed by atoms with Crippen LogP contribution in [0.5, 0.6) is 0 Å². The Hall–Kier alpha value is -0.850. The quantitative estimate of drug-likeness (QED) is 0.829. The smallest absolute Gasteiger partial charge is 0.313 e. The summed E-state index contributed by atoms with van der Waals surface area (Å²) in [6, 6.07) is 5.56. The molecule has 0 aliphatic rings. The molecule has 19 heavy (non-hydrogen) atoms. The maximum Gasteiger partial charge on any atom is 0.313 e. The summed E-state index contributed by atoms with van der Waals surface area (Å²) in [6.45, 7) is 0.807. The van der Waals surface area contributed by atoms with Crippen molar-refractivity contribution in [2.45, 2.75) is 11.7 Å². The molecule has 0 fully saturated rings. The largest absolute Gasteiger partial charge is 0.481 e. The first-order valence-electron chi connectivity index (χ1n) is 5.61. The Morgan fingerprint density at radius 2 is 2.32 bits per heavy atom. The van der Waals surface area contributed by atoms with Gasteiger partial charge >= 0.3 is 5.97 Å². The van der Waals surface area contributed by atoms with E-state index < -0.39 is 5.97 Å². The monoisotopic (exact) mass is 316 g/mol. The van der Waals surface area contributed by atoms with E-state index in [-0.39, 0.29) is 5.75 Å². The first kappa shape index (κ1) is 14.6. The van der Waals surface area contributed by atoms with Gasteiger partial charge in [-0.25, -0.2) is 4.98 Å². The molecule has 2 aromatic rings. The Labute approximate surface area is 124 Å². The van der Waals surface area contributed by atoms with Gasteiger partial charge in [-0.3, -0.25) is 4.79 Å². The van der Waals surface area contributed by atoms with Crippen LogP contribution in [0.2, 0.25) is 5.02 Å². The van der Waals surface area contributed by atoms with Crippen LogP contribution in [0.15, 0.2) is 23.4 Å². The molecule has 0 saturated carbocycles. The van der Waals surface area contributed by atoms with Crippen LogP contribution in [0, 0.1) is 0 Å². The first-order chi connectivity index (χ1) is 9.11. The van der Waals surface area contributed by atoms with Crippen molar-refractivity contribution in [1.82, 2.24) is 9.55 Å². The summed E-state index contributed by atoms with van der Waals surface area (Å²) >= 11 is 8.94. The number of thioether (sulfide) groups is 2. The van der Waals surface area contributed by atoms with Crippen LogP contribution in [-0.4, -0.2) is 38.4 Å². The highest BCUT2D eigenvalue weighted by Crippen LogP contribution is 2.26. The number of benzene rings is 1. The van der Waals surface area contributed by atoms with Crippen molar-refractivity contribution in [3.8, 4) is 0 Å². The van der Waals surface area contributed by atoms with Gasteiger partial charge in [0.15, 0.2) is 5.16 Å². The molecule has 0 amide bonds. The molecule has 1 N–H and O–H groups in total. The summed E-state index contributed by atoms with van der Waals surface area (Å²) in [6.07, 6.45) is 2.04. The lowest BCUT2D eigenvalue weighted by Gasteiger charge is -2.06. The molecule has 1 heterocycles. The van der Waals surface area contributed by atoms with Gasteiger partial charge in [0.05, 0.1) is 16.8 Å². The van der Waals surface area contributed by atoms with Crippen molar-refractivity contribution in [2.75, 3.05) is 17.8 Å². The molecule has 0 atom stereocenters. The summed E-state index contributed by atoms with van der Waals surface area (Å²) in [4.78, 5) is 15.2. The second kappa shape index (κ2) is 6.54. The minimum absolute atomic E-state index is 0.0102.